The van der Waals surface area contributed by atoms with Crippen molar-refractivity contribution in [2.75, 3.05) is 7.11 Å². The molecule has 0 aromatic rings. The first kappa shape index (κ1) is 25.1. The van der Waals surface area contributed by atoms with Crippen LogP contribution in [0.25, 0.3) is 0 Å². The van der Waals surface area contributed by atoms with Gasteiger partial charge in [0, 0.05) is 0 Å². The highest BCUT2D eigenvalue weighted by atomic mass is 16.6. The summed E-state index contributed by atoms with van der Waals surface area (Å²) in [5.41, 5.74) is 1.11. The molecule has 0 bridgehead atoms. The minimum atomic E-state index is -0.282. The van der Waals surface area contributed by atoms with E-state index in [1.807, 2.05) is 6.92 Å². The van der Waals surface area contributed by atoms with Crippen molar-refractivity contribution in [2.45, 2.75) is 104 Å². The van der Waals surface area contributed by atoms with Crippen LogP contribution in [-0.2, 0) is 19.0 Å². The van der Waals surface area contributed by atoms with Crippen LogP contribution < -0.4 is 0 Å². The van der Waals surface area contributed by atoms with E-state index >= 15 is 0 Å². The number of carbonyl (C=O) groups excluding carboxylic acids is 1. The third-order valence-electron chi connectivity index (χ3n) is 6.57. The minimum Gasteiger partial charge on any atom is -0.469 e. The van der Waals surface area contributed by atoms with Crippen LogP contribution in [0.3, 0.4) is 0 Å². The Morgan fingerprint density at radius 3 is 2.63 bits per heavy atom. The molecule has 0 unspecified atom stereocenters. The molecule has 0 spiro atoms. The lowest BCUT2D eigenvalue weighted by molar-refractivity contribution is -0.147. The van der Waals surface area contributed by atoms with Gasteiger partial charge in [-0.3, -0.25) is 4.79 Å². The summed E-state index contributed by atoms with van der Waals surface area (Å²) in [5.74, 6) is 1.01. The molecule has 5 heteroatoms. The minimum absolute atomic E-state index is 0.0448. The Hall–Kier alpha value is -1.17. The number of methoxy groups -OCH3 is 1. The SMILES string of the molecule is COC(=O)C[C@H]1CC[C@H](C)[C@@H](/C(C)=C/C=C/[C@@H](C)C[C@@]2(C)O[C@@H]2[C@H](C)C[C@@H](C)O)O1. The average Bonchev–Trinajstić information content (AvgIpc) is 3.33. The van der Waals surface area contributed by atoms with Gasteiger partial charge in [-0.05, 0) is 69.8 Å². The Balaban J connectivity index is 1.85. The van der Waals surface area contributed by atoms with Crippen molar-refractivity contribution in [3.63, 3.8) is 0 Å². The summed E-state index contributed by atoms with van der Waals surface area (Å²) in [6.07, 6.45) is 10.5. The number of esters is 1. The number of aliphatic hydroxyl groups excluding tert-OH is 1. The van der Waals surface area contributed by atoms with Crippen molar-refractivity contribution in [3.8, 4) is 0 Å². The third-order valence-corrected chi connectivity index (χ3v) is 6.57. The van der Waals surface area contributed by atoms with Crippen molar-refractivity contribution in [2.24, 2.45) is 17.8 Å². The van der Waals surface area contributed by atoms with Crippen LogP contribution in [0.2, 0.25) is 0 Å². The average molecular weight is 423 g/mol. The lowest BCUT2D eigenvalue weighted by Gasteiger charge is -2.35. The van der Waals surface area contributed by atoms with Gasteiger partial charge in [-0.2, -0.15) is 0 Å². The summed E-state index contributed by atoms with van der Waals surface area (Å²) < 4.78 is 17.0. The number of carbonyl (C=O) groups is 1. The van der Waals surface area contributed by atoms with Crippen molar-refractivity contribution in [1.29, 1.82) is 0 Å². The van der Waals surface area contributed by atoms with E-state index in [0.29, 0.717) is 24.2 Å². The molecule has 2 heterocycles. The molecule has 2 saturated heterocycles. The number of rotatable bonds is 10. The zero-order valence-corrected chi connectivity index (χ0v) is 19.9. The standard InChI is InChI=1S/C25H42O5/c1-16(15-25(6)24(30-25)19(4)13-20(5)26)9-8-10-17(2)23-18(3)11-12-21(29-23)14-22(27)28-7/h8-10,16,18-21,23-24,26H,11-15H2,1-7H3/b9-8+,17-10+/t16-,18+,19-,20-,21-,23-,24-,25-/m1/s1. The molecule has 5 nitrogen and oxygen atoms in total. The van der Waals surface area contributed by atoms with Crippen LogP contribution in [0.4, 0.5) is 0 Å². The van der Waals surface area contributed by atoms with Gasteiger partial charge in [0.25, 0.3) is 0 Å². The zero-order chi connectivity index (χ0) is 22.5. The van der Waals surface area contributed by atoms with Gasteiger partial charge in [-0.1, -0.05) is 39.0 Å². The molecule has 0 amide bonds. The fourth-order valence-corrected chi connectivity index (χ4v) is 4.98. The second kappa shape index (κ2) is 10.9. The molecule has 1 N–H and O–H groups in total. The summed E-state index contributed by atoms with van der Waals surface area (Å²) in [5, 5.41) is 9.61. The van der Waals surface area contributed by atoms with E-state index in [2.05, 4.69) is 52.8 Å². The van der Waals surface area contributed by atoms with Crippen molar-refractivity contribution in [3.05, 3.63) is 23.8 Å². The van der Waals surface area contributed by atoms with Crippen LogP contribution in [0.5, 0.6) is 0 Å². The normalized spacial score (nSPS) is 35.1. The molecule has 2 rings (SSSR count). The lowest BCUT2D eigenvalue weighted by atomic mass is 9.87. The summed E-state index contributed by atoms with van der Waals surface area (Å²) in [6, 6.07) is 0. The summed E-state index contributed by atoms with van der Waals surface area (Å²) in [7, 11) is 1.42. The second-order valence-corrected chi connectivity index (χ2v) is 9.90. The molecule has 0 radical (unpaired) electrons. The molecular formula is C25H42O5. The smallest absolute Gasteiger partial charge is 0.308 e. The van der Waals surface area contributed by atoms with Gasteiger partial charge in [0.15, 0.2) is 0 Å². The molecule has 0 aromatic carbocycles. The fraction of sp³-hybridized carbons (Fsp3) is 0.800. The van der Waals surface area contributed by atoms with Gasteiger partial charge in [0.05, 0.1) is 43.5 Å². The molecule has 2 fully saturated rings. The summed E-state index contributed by atoms with van der Waals surface area (Å²) in [6.45, 7) is 12.7. The van der Waals surface area contributed by atoms with E-state index in [4.69, 9.17) is 14.2 Å². The van der Waals surface area contributed by atoms with Crippen molar-refractivity contribution >= 4 is 5.97 Å². The maximum absolute atomic E-state index is 11.6. The van der Waals surface area contributed by atoms with Gasteiger partial charge in [0.2, 0.25) is 0 Å². The monoisotopic (exact) mass is 422 g/mol. The number of allylic oxidation sites excluding steroid dienone is 3. The predicted octanol–water partition coefficient (Wildman–Crippen LogP) is 4.83. The van der Waals surface area contributed by atoms with E-state index in [1.165, 1.54) is 12.7 Å². The second-order valence-electron chi connectivity index (χ2n) is 9.90. The predicted molar refractivity (Wildman–Crippen MR) is 119 cm³/mol. The Labute approximate surface area is 182 Å². The molecule has 0 aliphatic carbocycles. The van der Waals surface area contributed by atoms with Gasteiger partial charge in [0.1, 0.15) is 0 Å². The topological polar surface area (TPSA) is 68.3 Å². The number of hydrogen-bond acceptors (Lipinski definition) is 5. The van der Waals surface area contributed by atoms with Crippen LogP contribution in [-0.4, -0.2) is 48.2 Å². The number of ether oxygens (including phenoxy) is 3. The fourth-order valence-electron chi connectivity index (χ4n) is 4.98. The molecule has 8 atom stereocenters. The number of epoxide rings is 1. The Morgan fingerprint density at radius 2 is 2.00 bits per heavy atom. The van der Waals surface area contributed by atoms with E-state index in [-0.39, 0.29) is 36.0 Å². The van der Waals surface area contributed by atoms with E-state index in [0.717, 1.165) is 25.7 Å². The molecule has 2 aliphatic heterocycles. The summed E-state index contributed by atoms with van der Waals surface area (Å²) >= 11 is 0. The van der Waals surface area contributed by atoms with Crippen LogP contribution in [0.15, 0.2) is 23.8 Å². The zero-order valence-electron chi connectivity index (χ0n) is 19.9. The molecule has 2 aliphatic rings. The quantitative estimate of drug-likeness (QED) is 0.310. The highest BCUT2D eigenvalue weighted by Gasteiger charge is 2.54. The summed E-state index contributed by atoms with van der Waals surface area (Å²) in [4.78, 5) is 11.6. The maximum atomic E-state index is 11.6. The Morgan fingerprint density at radius 1 is 1.30 bits per heavy atom. The number of hydrogen-bond donors (Lipinski definition) is 1. The lowest BCUT2D eigenvalue weighted by Crippen LogP contribution is -2.35. The maximum Gasteiger partial charge on any atom is 0.308 e. The van der Waals surface area contributed by atoms with E-state index in [1.54, 1.807) is 0 Å². The van der Waals surface area contributed by atoms with Crippen LogP contribution in [0.1, 0.15) is 73.6 Å². The molecule has 0 aromatic heterocycles. The Bertz CT molecular complexity index is 625. The molecule has 30 heavy (non-hydrogen) atoms. The van der Waals surface area contributed by atoms with Crippen LogP contribution in [0, 0.1) is 17.8 Å². The molecule has 0 saturated carbocycles. The van der Waals surface area contributed by atoms with Crippen LogP contribution >= 0.6 is 0 Å². The Kier molecular flexibility index (Phi) is 9.13. The van der Waals surface area contributed by atoms with Gasteiger partial charge in [-0.15, -0.1) is 0 Å². The first-order valence-electron chi connectivity index (χ1n) is 11.5. The first-order chi connectivity index (χ1) is 14.1. The number of aliphatic hydroxyl groups is 1. The van der Waals surface area contributed by atoms with Crippen molar-refractivity contribution in [1.82, 2.24) is 0 Å². The van der Waals surface area contributed by atoms with Gasteiger partial charge >= 0.3 is 5.97 Å². The third kappa shape index (κ3) is 7.21. The van der Waals surface area contributed by atoms with Crippen molar-refractivity contribution < 1.29 is 24.1 Å². The molecule has 172 valence electrons. The highest BCUT2D eigenvalue weighted by Crippen LogP contribution is 2.46. The molecular weight excluding hydrogens is 380 g/mol. The largest absolute Gasteiger partial charge is 0.469 e. The highest BCUT2D eigenvalue weighted by molar-refractivity contribution is 5.69. The first-order valence-corrected chi connectivity index (χ1v) is 11.5. The van der Waals surface area contributed by atoms with E-state index in [9.17, 15) is 9.90 Å². The van der Waals surface area contributed by atoms with Gasteiger partial charge < -0.3 is 19.3 Å². The van der Waals surface area contributed by atoms with E-state index < -0.39 is 0 Å². The van der Waals surface area contributed by atoms with Gasteiger partial charge in [-0.25, -0.2) is 0 Å².